The van der Waals surface area contributed by atoms with Crippen molar-refractivity contribution >= 4 is 32.9 Å². The summed E-state index contributed by atoms with van der Waals surface area (Å²) in [5, 5.41) is 5.70. The molecule has 2 N–H and O–H groups in total. The minimum Gasteiger partial charge on any atom is -0.348 e. The summed E-state index contributed by atoms with van der Waals surface area (Å²) < 4.78 is 29.9. The van der Waals surface area contributed by atoms with Crippen LogP contribution in [0.2, 0.25) is 0 Å². The highest BCUT2D eigenvalue weighted by molar-refractivity contribution is 7.91. The van der Waals surface area contributed by atoms with Gasteiger partial charge in [0.2, 0.25) is 9.84 Å². The van der Waals surface area contributed by atoms with Gasteiger partial charge in [0.1, 0.15) is 11.3 Å². The summed E-state index contributed by atoms with van der Waals surface area (Å²) in [6, 6.07) is 19.8. The molecule has 4 aromatic heterocycles. The monoisotopic (exact) mass is 564 g/mol. The zero-order chi connectivity index (χ0) is 28.4. The minimum absolute atomic E-state index is 0.147. The lowest BCUT2D eigenvalue weighted by atomic mass is 10.2. The van der Waals surface area contributed by atoms with Crippen LogP contribution >= 0.6 is 0 Å². The number of carbonyl (C=O) groups excluding carboxylic acids is 2. The van der Waals surface area contributed by atoms with E-state index in [1.807, 2.05) is 0 Å². The van der Waals surface area contributed by atoms with E-state index in [9.17, 15) is 18.0 Å². The van der Waals surface area contributed by atoms with E-state index in [1.165, 1.54) is 24.3 Å². The number of aromatic nitrogens is 4. The molecule has 0 aliphatic carbocycles. The first-order valence-electron chi connectivity index (χ1n) is 12.7. The Labute approximate surface area is 235 Å². The Kier molecular flexibility index (Phi) is 6.78. The molecule has 4 heterocycles. The van der Waals surface area contributed by atoms with E-state index >= 15 is 0 Å². The second kappa shape index (κ2) is 10.7. The maximum Gasteiger partial charge on any atom is 0.253 e. The third kappa shape index (κ3) is 5.43. The fraction of sp³-hybridized carbons (Fsp3) is 0.0667. The Hall–Kier alpha value is -5.29. The van der Waals surface area contributed by atoms with Crippen LogP contribution in [0.4, 0.5) is 0 Å². The van der Waals surface area contributed by atoms with Crippen molar-refractivity contribution in [3.05, 3.63) is 132 Å². The van der Waals surface area contributed by atoms with Crippen molar-refractivity contribution in [1.82, 2.24) is 29.4 Å². The van der Waals surface area contributed by atoms with Crippen molar-refractivity contribution in [3.63, 3.8) is 0 Å². The molecule has 6 rings (SSSR count). The topological polar surface area (TPSA) is 127 Å². The normalized spacial score (nSPS) is 11.5. The molecule has 41 heavy (non-hydrogen) atoms. The van der Waals surface area contributed by atoms with Crippen molar-refractivity contribution < 1.29 is 18.0 Å². The van der Waals surface area contributed by atoms with Gasteiger partial charge in [0, 0.05) is 50.3 Å². The standard InChI is InChI=1S/C30H24N6O4S/c37-29(23-5-11-27-31-13-15-35(27)19-23)33-17-21-1-7-25(8-2-21)41(39,40)26-9-3-22(4-10-26)18-34-30(38)24-6-12-28-32-14-16-36(28)20-24/h1-16,19-20H,17-18H2,(H,33,37)(H,34,38). The number of amides is 2. The molecule has 0 saturated carbocycles. The first-order chi connectivity index (χ1) is 19.9. The quantitative estimate of drug-likeness (QED) is 0.290. The number of pyridine rings is 2. The fourth-order valence-electron chi connectivity index (χ4n) is 4.39. The van der Waals surface area contributed by atoms with Crippen molar-refractivity contribution in [3.8, 4) is 0 Å². The third-order valence-corrected chi connectivity index (χ3v) is 8.46. The van der Waals surface area contributed by atoms with Crippen LogP contribution in [0.5, 0.6) is 0 Å². The molecule has 0 aliphatic heterocycles. The first-order valence-corrected chi connectivity index (χ1v) is 14.2. The molecule has 6 aromatic rings. The largest absolute Gasteiger partial charge is 0.348 e. The molecular weight excluding hydrogens is 540 g/mol. The number of rotatable bonds is 8. The van der Waals surface area contributed by atoms with Gasteiger partial charge in [0.25, 0.3) is 11.8 Å². The Bertz CT molecular complexity index is 1860. The summed E-state index contributed by atoms with van der Waals surface area (Å²) in [6.45, 7) is 0.495. The van der Waals surface area contributed by atoms with Gasteiger partial charge in [-0.05, 0) is 59.7 Å². The molecule has 0 bridgehead atoms. The SMILES string of the molecule is O=C(NCc1ccc(S(=O)(=O)c2ccc(CNC(=O)c3ccc4nccn4c3)cc2)cc1)c1ccc2nccn2c1. The van der Waals surface area contributed by atoms with E-state index in [-0.39, 0.29) is 34.7 Å². The molecule has 10 nitrogen and oxygen atoms in total. The van der Waals surface area contributed by atoms with Gasteiger partial charge >= 0.3 is 0 Å². The van der Waals surface area contributed by atoms with E-state index in [0.29, 0.717) is 11.1 Å². The molecule has 0 saturated heterocycles. The molecule has 11 heteroatoms. The highest BCUT2D eigenvalue weighted by Gasteiger charge is 2.18. The van der Waals surface area contributed by atoms with Crippen molar-refractivity contribution in [2.24, 2.45) is 0 Å². The smallest absolute Gasteiger partial charge is 0.253 e. The Balaban J connectivity index is 1.06. The second-order valence-corrected chi connectivity index (χ2v) is 11.3. The molecule has 0 aliphatic rings. The number of imidazole rings is 2. The number of fused-ring (bicyclic) bond motifs is 2. The van der Waals surface area contributed by atoms with Crippen LogP contribution in [-0.4, -0.2) is 39.0 Å². The molecule has 0 fully saturated rings. The average Bonchev–Trinajstić information content (AvgIpc) is 3.68. The number of hydrogen-bond donors (Lipinski definition) is 2. The Morgan fingerprint density at radius 1 is 0.610 bits per heavy atom. The summed E-state index contributed by atoms with van der Waals surface area (Å²) in [7, 11) is -3.74. The van der Waals surface area contributed by atoms with Gasteiger partial charge in [0.15, 0.2) is 0 Å². The van der Waals surface area contributed by atoms with E-state index in [0.717, 1.165) is 22.4 Å². The summed E-state index contributed by atoms with van der Waals surface area (Å²) in [5.41, 5.74) is 4.01. The number of nitrogens with one attached hydrogen (secondary N) is 2. The number of benzene rings is 2. The zero-order valence-corrected chi connectivity index (χ0v) is 22.5. The number of sulfone groups is 1. The summed E-state index contributed by atoms with van der Waals surface area (Å²) >= 11 is 0. The highest BCUT2D eigenvalue weighted by Crippen LogP contribution is 2.22. The molecule has 0 radical (unpaired) electrons. The average molecular weight is 565 g/mol. The summed E-state index contributed by atoms with van der Waals surface area (Å²) in [4.78, 5) is 33.7. The molecule has 2 aromatic carbocycles. The lowest BCUT2D eigenvalue weighted by Crippen LogP contribution is -2.23. The van der Waals surface area contributed by atoms with Crippen LogP contribution in [0.3, 0.4) is 0 Å². The van der Waals surface area contributed by atoms with E-state index < -0.39 is 9.84 Å². The predicted octanol–water partition coefficient (Wildman–Crippen LogP) is 3.67. The van der Waals surface area contributed by atoms with Crippen LogP contribution in [0.15, 0.2) is 120 Å². The zero-order valence-electron chi connectivity index (χ0n) is 21.6. The van der Waals surface area contributed by atoms with Crippen LogP contribution in [0.25, 0.3) is 11.3 Å². The number of carbonyl (C=O) groups is 2. The van der Waals surface area contributed by atoms with E-state index in [1.54, 1.807) is 94.5 Å². The summed E-state index contributed by atoms with van der Waals surface area (Å²) in [5.74, 6) is -0.485. The first kappa shape index (κ1) is 26.0. The van der Waals surface area contributed by atoms with Crippen molar-refractivity contribution in [1.29, 1.82) is 0 Å². The van der Waals surface area contributed by atoms with Gasteiger partial charge in [0.05, 0.1) is 20.9 Å². The minimum atomic E-state index is -3.74. The van der Waals surface area contributed by atoms with Gasteiger partial charge in [-0.25, -0.2) is 18.4 Å². The maximum absolute atomic E-state index is 13.2. The highest BCUT2D eigenvalue weighted by atomic mass is 32.2. The van der Waals surface area contributed by atoms with Crippen LogP contribution in [-0.2, 0) is 22.9 Å². The Morgan fingerprint density at radius 2 is 1.02 bits per heavy atom. The van der Waals surface area contributed by atoms with Gasteiger partial charge in [-0.1, -0.05) is 24.3 Å². The van der Waals surface area contributed by atoms with Gasteiger partial charge in [-0.15, -0.1) is 0 Å². The lowest BCUT2D eigenvalue weighted by molar-refractivity contribution is 0.0942. The lowest BCUT2D eigenvalue weighted by Gasteiger charge is -2.09. The number of nitrogens with zero attached hydrogens (tertiary/aromatic N) is 4. The summed E-state index contributed by atoms with van der Waals surface area (Å²) in [6.07, 6.45) is 10.3. The van der Waals surface area contributed by atoms with Crippen molar-refractivity contribution in [2.75, 3.05) is 0 Å². The molecule has 0 unspecified atom stereocenters. The fourth-order valence-corrected chi connectivity index (χ4v) is 5.65. The third-order valence-electron chi connectivity index (χ3n) is 6.68. The van der Waals surface area contributed by atoms with E-state index in [4.69, 9.17) is 0 Å². The molecule has 2 amide bonds. The van der Waals surface area contributed by atoms with Crippen molar-refractivity contribution in [2.45, 2.75) is 22.9 Å². The predicted molar refractivity (Wildman–Crippen MR) is 151 cm³/mol. The second-order valence-electron chi connectivity index (χ2n) is 9.38. The van der Waals surface area contributed by atoms with Crippen LogP contribution in [0, 0.1) is 0 Å². The molecule has 0 spiro atoms. The van der Waals surface area contributed by atoms with Gasteiger partial charge < -0.3 is 19.4 Å². The maximum atomic E-state index is 13.2. The van der Waals surface area contributed by atoms with Crippen LogP contribution < -0.4 is 10.6 Å². The molecular formula is C30H24N6O4S. The van der Waals surface area contributed by atoms with Gasteiger partial charge in [-0.3, -0.25) is 9.59 Å². The molecule has 0 atom stereocenters. The Morgan fingerprint density at radius 3 is 1.44 bits per heavy atom. The molecule has 204 valence electrons. The van der Waals surface area contributed by atoms with Crippen LogP contribution in [0.1, 0.15) is 31.8 Å². The van der Waals surface area contributed by atoms with Gasteiger partial charge in [-0.2, -0.15) is 0 Å². The number of hydrogen-bond acceptors (Lipinski definition) is 6. The van der Waals surface area contributed by atoms with E-state index in [2.05, 4.69) is 20.6 Å².